The first-order valence-electron chi connectivity index (χ1n) is 6.97. The van der Waals surface area contributed by atoms with Crippen molar-refractivity contribution in [1.29, 1.82) is 0 Å². The molecule has 0 saturated carbocycles. The van der Waals surface area contributed by atoms with E-state index in [-0.39, 0.29) is 24.8 Å². The quantitative estimate of drug-likeness (QED) is 0.749. The minimum absolute atomic E-state index is 0.176. The molecular formula is C16H17F2NO4. The Morgan fingerprint density at radius 3 is 2.78 bits per heavy atom. The molecule has 0 aliphatic carbocycles. The van der Waals surface area contributed by atoms with Crippen molar-refractivity contribution in [2.24, 2.45) is 0 Å². The number of benzene rings is 1. The molecule has 0 unspecified atom stereocenters. The van der Waals surface area contributed by atoms with Crippen molar-refractivity contribution in [3.8, 4) is 5.75 Å². The molecule has 0 aliphatic rings. The topological polar surface area (TPSA) is 51.9 Å². The number of carbonyl (C=O) groups is 1. The third-order valence-electron chi connectivity index (χ3n) is 3.09. The lowest BCUT2D eigenvalue weighted by atomic mass is 10.3. The summed E-state index contributed by atoms with van der Waals surface area (Å²) >= 11 is 0. The summed E-state index contributed by atoms with van der Waals surface area (Å²) in [4.78, 5) is 13.7. The second kappa shape index (κ2) is 8.28. The highest BCUT2D eigenvalue weighted by atomic mass is 19.1. The summed E-state index contributed by atoms with van der Waals surface area (Å²) in [5.74, 6) is -1.48. The smallest absolute Gasteiger partial charge is 0.260 e. The maximum atomic E-state index is 13.5. The summed E-state index contributed by atoms with van der Waals surface area (Å²) in [6.07, 6.45) is 1.51. The Morgan fingerprint density at radius 1 is 1.30 bits per heavy atom. The molecular weight excluding hydrogens is 308 g/mol. The molecule has 1 aromatic carbocycles. The van der Waals surface area contributed by atoms with Crippen molar-refractivity contribution < 1.29 is 27.5 Å². The van der Waals surface area contributed by atoms with Gasteiger partial charge in [0.2, 0.25) is 0 Å². The lowest BCUT2D eigenvalue weighted by Crippen LogP contribution is -2.36. The molecule has 124 valence electrons. The Labute approximate surface area is 132 Å². The zero-order valence-electron chi connectivity index (χ0n) is 12.6. The standard InChI is InChI=1S/C16H17F2NO4/c1-21-8-6-19(10-13-3-2-7-22-13)16(20)11-23-15-5-4-12(17)9-14(15)18/h2-5,7,9H,6,8,10-11H2,1H3. The number of methoxy groups -OCH3 is 1. The number of rotatable bonds is 8. The SMILES string of the molecule is COCCN(Cc1ccco1)C(=O)COc1ccc(F)cc1F. The van der Waals surface area contributed by atoms with Crippen LogP contribution in [0.5, 0.6) is 5.75 Å². The van der Waals surface area contributed by atoms with Crippen molar-refractivity contribution in [3.63, 3.8) is 0 Å². The summed E-state index contributed by atoms with van der Waals surface area (Å²) in [5.41, 5.74) is 0. The van der Waals surface area contributed by atoms with Crippen molar-refractivity contribution >= 4 is 5.91 Å². The van der Waals surface area contributed by atoms with Crippen molar-refractivity contribution in [2.75, 3.05) is 26.9 Å². The van der Waals surface area contributed by atoms with E-state index in [9.17, 15) is 13.6 Å². The van der Waals surface area contributed by atoms with E-state index in [4.69, 9.17) is 13.9 Å². The predicted octanol–water partition coefficient (Wildman–Crippen LogP) is 2.61. The molecule has 0 bridgehead atoms. The van der Waals surface area contributed by atoms with Crippen LogP contribution in [0.25, 0.3) is 0 Å². The van der Waals surface area contributed by atoms with Gasteiger partial charge in [-0.3, -0.25) is 4.79 Å². The molecule has 1 aromatic heterocycles. The molecule has 5 nitrogen and oxygen atoms in total. The van der Waals surface area contributed by atoms with Crippen LogP contribution in [0, 0.1) is 11.6 Å². The second-order valence-electron chi connectivity index (χ2n) is 4.75. The number of hydrogen-bond donors (Lipinski definition) is 0. The van der Waals surface area contributed by atoms with Gasteiger partial charge < -0.3 is 18.8 Å². The lowest BCUT2D eigenvalue weighted by molar-refractivity contribution is -0.135. The van der Waals surface area contributed by atoms with E-state index in [1.165, 1.54) is 18.3 Å². The molecule has 0 fully saturated rings. The first-order chi connectivity index (χ1) is 11.1. The maximum Gasteiger partial charge on any atom is 0.260 e. The van der Waals surface area contributed by atoms with Gasteiger partial charge in [-0.2, -0.15) is 0 Å². The average Bonchev–Trinajstić information content (AvgIpc) is 3.03. The molecule has 1 heterocycles. The number of ether oxygens (including phenoxy) is 2. The predicted molar refractivity (Wildman–Crippen MR) is 77.9 cm³/mol. The molecule has 7 heteroatoms. The van der Waals surface area contributed by atoms with Crippen LogP contribution in [0.15, 0.2) is 41.0 Å². The van der Waals surface area contributed by atoms with E-state index in [1.807, 2.05) is 0 Å². The number of amides is 1. The van der Waals surface area contributed by atoms with E-state index in [2.05, 4.69) is 0 Å². The molecule has 0 saturated heterocycles. The zero-order chi connectivity index (χ0) is 16.7. The normalized spacial score (nSPS) is 10.6. The van der Waals surface area contributed by atoms with Gasteiger partial charge in [0.1, 0.15) is 11.6 Å². The first kappa shape index (κ1) is 17.0. The molecule has 0 aliphatic heterocycles. The van der Waals surface area contributed by atoms with E-state index in [0.717, 1.165) is 12.1 Å². The van der Waals surface area contributed by atoms with Gasteiger partial charge in [-0.25, -0.2) is 8.78 Å². The fourth-order valence-electron chi connectivity index (χ4n) is 1.91. The number of carbonyl (C=O) groups excluding carboxylic acids is 1. The number of hydrogen-bond acceptors (Lipinski definition) is 4. The zero-order valence-corrected chi connectivity index (χ0v) is 12.6. The van der Waals surface area contributed by atoms with Crippen LogP contribution in [0.1, 0.15) is 5.76 Å². The first-order valence-corrected chi connectivity index (χ1v) is 6.97. The van der Waals surface area contributed by atoms with Gasteiger partial charge in [0.25, 0.3) is 5.91 Å². The van der Waals surface area contributed by atoms with Crippen LogP contribution >= 0.6 is 0 Å². The Morgan fingerprint density at radius 2 is 2.13 bits per heavy atom. The van der Waals surface area contributed by atoms with Crippen LogP contribution in [0.4, 0.5) is 8.78 Å². The molecule has 1 amide bonds. The molecule has 2 aromatic rings. The summed E-state index contributed by atoms with van der Waals surface area (Å²) in [5, 5.41) is 0. The highest BCUT2D eigenvalue weighted by molar-refractivity contribution is 5.77. The molecule has 2 rings (SSSR count). The summed E-state index contributed by atoms with van der Waals surface area (Å²) in [6, 6.07) is 6.37. The van der Waals surface area contributed by atoms with Gasteiger partial charge in [-0.1, -0.05) is 0 Å². The van der Waals surface area contributed by atoms with Gasteiger partial charge in [-0.05, 0) is 24.3 Å². The van der Waals surface area contributed by atoms with Gasteiger partial charge in [-0.15, -0.1) is 0 Å². The van der Waals surface area contributed by atoms with Crippen LogP contribution < -0.4 is 4.74 Å². The number of furan rings is 1. The summed E-state index contributed by atoms with van der Waals surface area (Å²) < 4.78 is 41.6. The van der Waals surface area contributed by atoms with Crippen LogP contribution in [0.3, 0.4) is 0 Å². The second-order valence-corrected chi connectivity index (χ2v) is 4.75. The Balaban J connectivity index is 1.96. The van der Waals surface area contributed by atoms with Gasteiger partial charge in [0.15, 0.2) is 18.2 Å². The Hall–Kier alpha value is -2.41. The summed E-state index contributed by atoms with van der Waals surface area (Å²) in [7, 11) is 1.53. The van der Waals surface area contributed by atoms with Crippen molar-refractivity contribution in [1.82, 2.24) is 4.90 Å². The highest BCUT2D eigenvalue weighted by Crippen LogP contribution is 2.17. The molecule has 0 atom stereocenters. The summed E-state index contributed by atoms with van der Waals surface area (Å²) in [6.45, 7) is 0.570. The minimum atomic E-state index is -0.854. The molecule has 0 N–H and O–H groups in total. The fourth-order valence-corrected chi connectivity index (χ4v) is 1.91. The van der Waals surface area contributed by atoms with Crippen molar-refractivity contribution in [2.45, 2.75) is 6.54 Å². The monoisotopic (exact) mass is 325 g/mol. The van der Waals surface area contributed by atoms with Gasteiger partial charge >= 0.3 is 0 Å². The fraction of sp³-hybridized carbons (Fsp3) is 0.312. The third-order valence-corrected chi connectivity index (χ3v) is 3.09. The van der Waals surface area contributed by atoms with E-state index >= 15 is 0 Å². The molecule has 0 radical (unpaired) electrons. The van der Waals surface area contributed by atoms with E-state index < -0.39 is 11.6 Å². The Kier molecular flexibility index (Phi) is 6.10. The van der Waals surface area contributed by atoms with E-state index in [0.29, 0.717) is 25.0 Å². The third kappa shape index (κ3) is 5.07. The van der Waals surface area contributed by atoms with Crippen LogP contribution in [-0.4, -0.2) is 37.7 Å². The molecule has 0 spiro atoms. The number of halogens is 2. The van der Waals surface area contributed by atoms with Crippen molar-refractivity contribution in [3.05, 3.63) is 54.0 Å². The highest BCUT2D eigenvalue weighted by Gasteiger charge is 2.17. The van der Waals surface area contributed by atoms with Gasteiger partial charge in [0, 0.05) is 19.7 Å². The lowest BCUT2D eigenvalue weighted by Gasteiger charge is -2.21. The minimum Gasteiger partial charge on any atom is -0.481 e. The Bertz CT molecular complexity index is 631. The van der Waals surface area contributed by atoms with Crippen LogP contribution in [0.2, 0.25) is 0 Å². The number of nitrogens with zero attached hydrogens (tertiary/aromatic N) is 1. The van der Waals surface area contributed by atoms with Crippen LogP contribution in [-0.2, 0) is 16.1 Å². The van der Waals surface area contributed by atoms with Gasteiger partial charge in [0.05, 0.1) is 19.4 Å². The average molecular weight is 325 g/mol. The maximum absolute atomic E-state index is 13.5. The molecule has 23 heavy (non-hydrogen) atoms. The largest absolute Gasteiger partial charge is 0.481 e. The van der Waals surface area contributed by atoms with E-state index in [1.54, 1.807) is 12.1 Å².